The average molecular weight is 281 g/mol. The molecule has 0 saturated carbocycles. The molecule has 0 unspecified atom stereocenters. The van der Waals surface area contributed by atoms with E-state index in [9.17, 15) is 0 Å². The Kier molecular flexibility index (Phi) is 6.31. The van der Waals surface area contributed by atoms with Gasteiger partial charge in [-0.1, -0.05) is 13.8 Å². The lowest BCUT2D eigenvalue weighted by molar-refractivity contribution is 0.0887. The summed E-state index contributed by atoms with van der Waals surface area (Å²) in [4.78, 5) is 7.95. The summed E-state index contributed by atoms with van der Waals surface area (Å²) in [6.07, 6.45) is 2.83. The molecule has 2 rings (SSSR count). The first-order valence-electron chi connectivity index (χ1n) is 8.75. The summed E-state index contributed by atoms with van der Waals surface area (Å²) >= 11 is 0. The van der Waals surface area contributed by atoms with E-state index in [4.69, 9.17) is 0 Å². The van der Waals surface area contributed by atoms with E-state index in [0.717, 1.165) is 11.8 Å². The quantitative estimate of drug-likeness (QED) is 0.766. The average Bonchev–Trinajstić information content (AvgIpc) is 2.46. The number of nitrogens with zero attached hydrogens (tertiary/aromatic N) is 3. The van der Waals surface area contributed by atoms with Crippen LogP contribution in [-0.2, 0) is 0 Å². The van der Waals surface area contributed by atoms with Crippen LogP contribution in [0.15, 0.2) is 0 Å². The monoisotopic (exact) mass is 281 g/mol. The molecule has 2 fully saturated rings. The van der Waals surface area contributed by atoms with Crippen molar-refractivity contribution in [2.24, 2.45) is 11.8 Å². The zero-order valence-electron chi connectivity index (χ0n) is 14.1. The summed E-state index contributed by atoms with van der Waals surface area (Å²) in [7, 11) is 0. The highest BCUT2D eigenvalue weighted by atomic mass is 15.3. The number of piperazine rings is 1. The second-order valence-electron chi connectivity index (χ2n) is 7.39. The summed E-state index contributed by atoms with van der Waals surface area (Å²) in [5.41, 5.74) is 0. The van der Waals surface area contributed by atoms with Crippen molar-refractivity contribution in [1.29, 1.82) is 0 Å². The molecule has 0 atom stereocenters. The largest absolute Gasteiger partial charge is 0.302 e. The molecule has 20 heavy (non-hydrogen) atoms. The van der Waals surface area contributed by atoms with Gasteiger partial charge in [0.25, 0.3) is 0 Å². The maximum absolute atomic E-state index is 2.69. The molecule has 0 aromatic heterocycles. The first kappa shape index (κ1) is 16.3. The third-order valence-corrected chi connectivity index (χ3v) is 5.44. The van der Waals surface area contributed by atoms with Gasteiger partial charge in [-0.15, -0.1) is 0 Å². The summed E-state index contributed by atoms with van der Waals surface area (Å²) in [6, 6.07) is 0.715. The molecule has 2 aliphatic rings. The summed E-state index contributed by atoms with van der Waals surface area (Å²) < 4.78 is 0. The van der Waals surface area contributed by atoms with Crippen molar-refractivity contribution in [3.63, 3.8) is 0 Å². The first-order valence-corrected chi connectivity index (χ1v) is 8.75. The van der Waals surface area contributed by atoms with Gasteiger partial charge in [-0.05, 0) is 51.6 Å². The lowest BCUT2D eigenvalue weighted by atomic mass is 9.87. The van der Waals surface area contributed by atoms with E-state index in [1.165, 1.54) is 65.2 Å². The molecule has 0 aromatic rings. The van der Waals surface area contributed by atoms with Gasteiger partial charge in [0.05, 0.1) is 0 Å². The predicted octanol–water partition coefficient (Wildman–Crippen LogP) is 2.38. The Labute approximate surface area is 126 Å². The van der Waals surface area contributed by atoms with Gasteiger partial charge >= 0.3 is 0 Å². The predicted molar refractivity (Wildman–Crippen MR) is 87.2 cm³/mol. The van der Waals surface area contributed by atoms with E-state index in [2.05, 4.69) is 42.4 Å². The van der Waals surface area contributed by atoms with Crippen molar-refractivity contribution in [3.8, 4) is 0 Å². The fourth-order valence-corrected chi connectivity index (χ4v) is 3.63. The highest BCUT2D eigenvalue weighted by molar-refractivity contribution is 4.78. The fraction of sp³-hybridized carbons (Fsp3) is 1.00. The Bertz CT molecular complexity index is 233. The van der Waals surface area contributed by atoms with Gasteiger partial charge in [0, 0.05) is 45.3 Å². The van der Waals surface area contributed by atoms with Crippen LogP contribution in [0.1, 0.15) is 40.5 Å². The molecular formula is C17H35N3. The molecule has 0 aliphatic carbocycles. The molecule has 0 bridgehead atoms. The zero-order chi connectivity index (χ0) is 14.5. The summed E-state index contributed by atoms with van der Waals surface area (Å²) in [6.45, 7) is 19.7. The minimum absolute atomic E-state index is 0.715. The molecule has 2 aliphatic heterocycles. The molecule has 118 valence electrons. The van der Waals surface area contributed by atoms with E-state index < -0.39 is 0 Å². The van der Waals surface area contributed by atoms with E-state index in [0.29, 0.717) is 6.04 Å². The topological polar surface area (TPSA) is 9.72 Å². The standard InChI is InChI=1S/C17H35N3/c1-15(2)17-5-7-18(8-6-17)9-10-19-11-13-20(14-12-19)16(3)4/h15-17H,5-14H2,1-4H3. The lowest BCUT2D eigenvalue weighted by Gasteiger charge is -2.39. The second kappa shape index (κ2) is 7.77. The first-order chi connectivity index (χ1) is 9.56. The van der Waals surface area contributed by atoms with Gasteiger partial charge in [0.15, 0.2) is 0 Å². The number of likely N-dealkylation sites (tertiary alicyclic amines) is 1. The van der Waals surface area contributed by atoms with Crippen LogP contribution in [0, 0.1) is 11.8 Å². The van der Waals surface area contributed by atoms with Gasteiger partial charge in [0.1, 0.15) is 0 Å². The molecular weight excluding hydrogens is 246 g/mol. The van der Waals surface area contributed by atoms with E-state index >= 15 is 0 Å². The summed E-state index contributed by atoms with van der Waals surface area (Å²) in [5.74, 6) is 1.85. The lowest BCUT2D eigenvalue weighted by Crippen LogP contribution is -2.50. The SMILES string of the molecule is CC(C)C1CCN(CCN2CCN(C(C)C)CC2)CC1. The second-order valence-corrected chi connectivity index (χ2v) is 7.39. The number of rotatable bonds is 5. The van der Waals surface area contributed by atoms with E-state index in [1.807, 2.05) is 0 Å². The Morgan fingerprint density at radius 1 is 0.750 bits per heavy atom. The van der Waals surface area contributed by atoms with Crippen LogP contribution in [0.2, 0.25) is 0 Å². The van der Waals surface area contributed by atoms with E-state index in [-0.39, 0.29) is 0 Å². The van der Waals surface area contributed by atoms with Gasteiger partial charge in [-0.3, -0.25) is 9.80 Å². The summed E-state index contributed by atoms with van der Waals surface area (Å²) in [5, 5.41) is 0. The van der Waals surface area contributed by atoms with Gasteiger partial charge in [-0.2, -0.15) is 0 Å². The Morgan fingerprint density at radius 3 is 1.70 bits per heavy atom. The number of hydrogen-bond donors (Lipinski definition) is 0. The molecule has 0 N–H and O–H groups in total. The molecule has 0 amide bonds. The minimum atomic E-state index is 0.715. The Balaban J connectivity index is 1.60. The number of piperidine rings is 1. The molecule has 0 aromatic carbocycles. The molecule has 3 nitrogen and oxygen atoms in total. The van der Waals surface area contributed by atoms with Gasteiger partial charge in [0.2, 0.25) is 0 Å². The third kappa shape index (κ3) is 4.71. The van der Waals surface area contributed by atoms with Crippen LogP contribution in [-0.4, -0.2) is 73.1 Å². The molecule has 0 spiro atoms. The molecule has 2 heterocycles. The van der Waals surface area contributed by atoms with Crippen molar-refractivity contribution in [3.05, 3.63) is 0 Å². The van der Waals surface area contributed by atoms with E-state index in [1.54, 1.807) is 0 Å². The van der Waals surface area contributed by atoms with Crippen LogP contribution in [0.5, 0.6) is 0 Å². The zero-order valence-corrected chi connectivity index (χ0v) is 14.1. The highest BCUT2D eigenvalue weighted by Gasteiger charge is 2.23. The minimum Gasteiger partial charge on any atom is -0.302 e. The van der Waals surface area contributed by atoms with Crippen LogP contribution in [0.25, 0.3) is 0 Å². The van der Waals surface area contributed by atoms with Gasteiger partial charge < -0.3 is 4.90 Å². The maximum Gasteiger partial charge on any atom is 0.0113 e. The maximum atomic E-state index is 2.69. The van der Waals surface area contributed by atoms with Crippen molar-refractivity contribution >= 4 is 0 Å². The fourth-order valence-electron chi connectivity index (χ4n) is 3.63. The normalized spacial score (nSPS) is 24.9. The smallest absolute Gasteiger partial charge is 0.0113 e. The highest BCUT2D eigenvalue weighted by Crippen LogP contribution is 2.24. The van der Waals surface area contributed by atoms with Crippen LogP contribution < -0.4 is 0 Å². The molecule has 2 saturated heterocycles. The van der Waals surface area contributed by atoms with Crippen LogP contribution in [0.3, 0.4) is 0 Å². The molecule has 0 radical (unpaired) electrons. The van der Waals surface area contributed by atoms with Crippen molar-refractivity contribution in [2.45, 2.75) is 46.6 Å². The molecule has 3 heteroatoms. The Hall–Kier alpha value is -0.120. The van der Waals surface area contributed by atoms with Crippen molar-refractivity contribution in [1.82, 2.24) is 14.7 Å². The third-order valence-electron chi connectivity index (χ3n) is 5.44. The van der Waals surface area contributed by atoms with Crippen molar-refractivity contribution < 1.29 is 0 Å². The van der Waals surface area contributed by atoms with Crippen LogP contribution >= 0.6 is 0 Å². The van der Waals surface area contributed by atoms with Gasteiger partial charge in [-0.25, -0.2) is 0 Å². The Morgan fingerprint density at radius 2 is 1.25 bits per heavy atom. The van der Waals surface area contributed by atoms with Crippen LogP contribution in [0.4, 0.5) is 0 Å². The number of hydrogen-bond acceptors (Lipinski definition) is 3. The van der Waals surface area contributed by atoms with Crippen molar-refractivity contribution in [2.75, 3.05) is 52.4 Å².